The van der Waals surface area contributed by atoms with Crippen LogP contribution in [0.4, 0.5) is 0 Å². The molecule has 0 aromatic heterocycles. The molecule has 0 saturated carbocycles. The molecule has 0 bridgehead atoms. The minimum atomic E-state index is -0.0459. The van der Waals surface area contributed by atoms with E-state index >= 15 is 0 Å². The second kappa shape index (κ2) is 8.81. The summed E-state index contributed by atoms with van der Waals surface area (Å²) in [5.74, 6) is 0. The van der Waals surface area contributed by atoms with Crippen LogP contribution in [0, 0.1) is 0 Å². The van der Waals surface area contributed by atoms with Gasteiger partial charge in [0, 0.05) is 26.2 Å². The predicted octanol–water partition coefficient (Wildman–Crippen LogP) is 5.55. The summed E-state index contributed by atoms with van der Waals surface area (Å²) in [6.45, 7) is 8.40. The molecule has 4 heteroatoms. The van der Waals surface area contributed by atoms with Crippen molar-refractivity contribution < 1.29 is 9.47 Å². The minimum Gasteiger partial charge on any atom is -0.365 e. The van der Waals surface area contributed by atoms with Crippen LogP contribution in [0.3, 0.4) is 0 Å². The molecule has 4 nitrogen and oxygen atoms in total. The first-order valence-corrected chi connectivity index (χ1v) is 13.2. The largest absolute Gasteiger partial charge is 0.365 e. The van der Waals surface area contributed by atoms with E-state index in [1.165, 1.54) is 41.5 Å². The third-order valence-electron chi connectivity index (χ3n) is 8.89. The van der Waals surface area contributed by atoms with Gasteiger partial charge in [-0.05, 0) is 54.4 Å². The van der Waals surface area contributed by atoms with Gasteiger partial charge < -0.3 is 9.47 Å². The zero-order valence-electron chi connectivity index (χ0n) is 20.1. The Kier molecular flexibility index (Phi) is 5.82. The zero-order chi connectivity index (χ0) is 22.3. The van der Waals surface area contributed by atoms with Crippen LogP contribution in [-0.2, 0) is 33.9 Å². The van der Waals surface area contributed by atoms with E-state index in [-0.39, 0.29) is 11.2 Å². The van der Waals surface area contributed by atoms with Crippen LogP contribution >= 0.6 is 0 Å². The molecule has 0 unspecified atom stereocenters. The summed E-state index contributed by atoms with van der Waals surface area (Å²) in [5.41, 5.74) is 5.60. The van der Waals surface area contributed by atoms with E-state index in [0.29, 0.717) is 6.17 Å². The van der Waals surface area contributed by atoms with Crippen molar-refractivity contribution in [1.29, 1.82) is 0 Å². The van der Waals surface area contributed by atoms with Gasteiger partial charge in [0.2, 0.25) is 0 Å². The number of piperidine rings is 2. The summed E-state index contributed by atoms with van der Waals surface area (Å²) < 4.78 is 12.9. The van der Waals surface area contributed by atoms with Gasteiger partial charge in [-0.25, -0.2) is 0 Å². The van der Waals surface area contributed by atoms with Crippen LogP contribution < -0.4 is 0 Å². The van der Waals surface area contributed by atoms with Crippen molar-refractivity contribution in [1.82, 2.24) is 9.80 Å². The fraction of sp³-hybridized carbons (Fsp3) is 0.586. The van der Waals surface area contributed by atoms with Gasteiger partial charge in [-0.3, -0.25) is 9.80 Å². The number of rotatable bonds is 5. The monoisotopic (exact) mass is 446 g/mol. The normalized spacial score (nSPS) is 23.9. The quantitative estimate of drug-likeness (QED) is 0.602. The van der Waals surface area contributed by atoms with Gasteiger partial charge in [-0.1, -0.05) is 68.3 Å². The van der Waals surface area contributed by atoms with Gasteiger partial charge in [0.05, 0.1) is 30.6 Å². The molecule has 0 atom stereocenters. The maximum Gasteiger partial charge on any atom is 0.0963 e. The summed E-state index contributed by atoms with van der Waals surface area (Å²) in [4.78, 5) is 5.54. The maximum absolute atomic E-state index is 6.45. The molecule has 33 heavy (non-hydrogen) atoms. The first kappa shape index (κ1) is 21.8. The highest BCUT2D eigenvalue weighted by Crippen LogP contribution is 2.46. The fourth-order valence-corrected chi connectivity index (χ4v) is 6.95. The molecule has 2 fully saturated rings. The van der Waals surface area contributed by atoms with Gasteiger partial charge in [0.1, 0.15) is 0 Å². The molecule has 0 aliphatic carbocycles. The Morgan fingerprint density at radius 1 is 0.727 bits per heavy atom. The lowest BCUT2D eigenvalue weighted by atomic mass is 9.82. The molecule has 0 amide bonds. The average molecular weight is 447 g/mol. The minimum absolute atomic E-state index is 0.0459. The van der Waals surface area contributed by atoms with E-state index in [1.807, 2.05) is 0 Å². The molecule has 6 rings (SSSR count). The van der Waals surface area contributed by atoms with Crippen LogP contribution in [0.15, 0.2) is 48.5 Å². The number of hydrogen-bond acceptors (Lipinski definition) is 4. The summed E-state index contributed by atoms with van der Waals surface area (Å²) in [7, 11) is 0. The van der Waals surface area contributed by atoms with Crippen LogP contribution in [-0.4, -0.2) is 42.1 Å². The van der Waals surface area contributed by atoms with Crippen LogP contribution in [0.5, 0.6) is 0 Å². The second-order valence-corrected chi connectivity index (χ2v) is 10.6. The van der Waals surface area contributed by atoms with Crippen molar-refractivity contribution >= 4 is 0 Å². The van der Waals surface area contributed by atoms with Crippen molar-refractivity contribution in [3.63, 3.8) is 0 Å². The Balaban J connectivity index is 1.14. The van der Waals surface area contributed by atoms with E-state index in [0.717, 1.165) is 65.1 Å². The average Bonchev–Trinajstić information content (AvgIpc) is 3.41. The topological polar surface area (TPSA) is 24.9 Å². The summed E-state index contributed by atoms with van der Waals surface area (Å²) in [6, 6.07) is 17.7. The van der Waals surface area contributed by atoms with E-state index < -0.39 is 0 Å². The van der Waals surface area contributed by atoms with Crippen LogP contribution in [0.2, 0.25) is 0 Å². The Bertz CT molecular complexity index is 898. The number of hydrogen-bond donors (Lipinski definition) is 0. The van der Waals surface area contributed by atoms with Crippen molar-refractivity contribution in [2.45, 2.75) is 82.5 Å². The van der Waals surface area contributed by atoms with Crippen molar-refractivity contribution in [2.75, 3.05) is 26.2 Å². The molecule has 2 spiro atoms. The number of unbranched alkanes of at least 4 members (excludes halogenated alkanes) is 1. The fourth-order valence-electron chi connectivity index (χ4n) is 6.95. The zero-order valence-corrected chi connectivity index (χ0v) is 20.1. The SMILES string of the molecule is CCCCC(N1CCC2(CC1)OCc1ccccc12)N1CCC2(CC1)OCc1ccccc12. The molecule has 4 heterocycles. The van der Waals surface area contributed by atoms with E-state index in [4.69, 9.17) is 9.47 Å². The Morgan fingerprint density at radius 3 is 1.64 bits per heavy atom. The third-order valence-corrected chi connectivity index (χ3v) is 8.89. The van der Waals surface area contributed by atoms with E-state index in [9.17, 15) is 0 Å². The van der Waals surface area contributed by atoms with Gasteiger partial charge in [-0.2, -0.15) is 0 Å². The Morgan fingerprint density at radius 2 is 1.18 bits per heavy atom. The Labute approximate surface area is 198 Å². The first-order valence-electron chi connectivity index (χ1n) is 13.2. The lowest BCUT2D eigenvalue weighted by Gasteiger charge is -2.49. The van der Waals surface area contributed by atoms with Gasteiger partial charge in [0.25, 0.3) is 0 Å². The highest BCUT2D eigenvalue weighted by molar-refractivity contribution is 5.37. The third kappa shape index (κ3) is 3.76. The second-order valence-electron chi connectivity index (χ2n) is 10.6. The predicted molar refractivity (Wildman–Crippen MR) is 131 cm³/mol. The maximum atomic E-state index is 6.45. The molecule has 2 aromatic rings. The van der Waals surface area contributed by atoms with Gasteiger partial charge in [-0.15, -0.1) is 0 Å². The van der Waals surface area contributed by atoms with Crippen molar-refractivity contribution in [3.8, 4) is 0 Å². The van der Waals surface area contributed by atoms with Gasteiger partial charge in [0.15, 0.2) is 0 Å². The highest BCUT2D eigenvalue weighted by atomic mass is 16.5. The number of likely N-dealkylation sites (tertiary alicyclic amines) is 2. The number of benzene rings is 2. The lowest BCUT2D eigenvalue weighted by molar-refractivity contribution is -0.120. The van der Waals surface area contributed by atoms with Crippen LogP contribution in [0.25, 0.3) is 0 Å². The first-order chi connectivity index (χ1) is 16.2. The number of fused-ring (bicyclic) bond motifs is 4. The number of ether oxygens (including phenoxy) is 2. The smallest absolute Gasteiger partial charge is 0.0963 e. The summed E-state index contributed by atoms with van der Waals surface area (Å²) >= 11 is 0. The molecule has 2 aromatic carbocycles. The molecule has 4 aliphatic rings. The molecule has 0 N–H and O–H groups in total. The molecule has 0 radical (unpaired) electrons. The van der Waals surface area contributed by atoms with E-state index in [2.05, 4.69) is 65.3 Å². The standard InChI is InChI=1S/C29H38N2O2/c1-2-3-12-27(30-17-13-28(14-18-30)25-10-6-4-8-23(25)21-32-28)31-19-15-29(16-20-31)26-11-7-5-9-24(26)22-33-29/h4-11,27H,2-3,12-22H2,1H3. The van der Waals surface area contributed by atoms with Gasteiger partial charge >= 0.3 is 0 Å². The van der Waals surface area contributed by atoms with Crippen molar-refractivity contribution in [2.24, 2.45) is 0 Å². The molecular weight excluding hydrogens is 408 g/mol. The Hall–Kier alpha value is -1.72. The number of nitrogens with zero attached hydrogens (tertiary/aromatic N) is 2. The summed E-state index contributed by atoms with van der Waals surface area (Å²) in [6.07, 6.45) is 8.83. The summed E-state index contributed by atoms with van der Waals surface area (Å²) in [5, 5.41) is 0. The molecule has 2 saturated heterocycles. The molecule has 4 aliphatic heterocycles. The van der Waals surface area contributed by atoms with Crippen LogP contribution in [0.1, 0.15) is 74.1 Å². The van der Waals surface area contributed by atoms with E-state index in [1.54, 1.807) is 0 Å². The van der Waals surface area contributed by atoms with Crippen molar-refractivity contribution in [3.05, 3.63) is 70.8 Å². The lowest BCUT2D eigenvalue weighted by Crippen LogP contribution is -2.56. The highest BCUT2D eigenvalue weighted by Gasteiger charge is 2.46. The molecule has 176 valence electrons. The molecular formula is C29H38N2O2.